The second-order valence-electron chi connectivity index (χ2n) is 7.05. The molecule has 0 radical (unpaired) electrons. The largest absolute Gasteiger partial charge is 0.352 e. The maximum Gasteiger partial charge on any atom is 0.315 e. The molecule has 1 aliphatic heterocycles. The van der Waals surface area contributed by atoms with E-state index in [9.17, 15) is 9.59 Å². The first kappa shape index (κ1) is 21.1. The van der Waals surface area contributed by atoms with Gasteiger partial charge in [-0.3, -0.25) is 4.79 Å². The molecule has 3 aromatic heterocycles. The molecule has 0 aromatic carbocycles. The van der Waals surface area contributed by atoms with E-state index >= 15 is 0 Å². The van der Waals surface area contributed by atoms with Crippen molar-refractivity contribution in [3.63, 3.8) is 0 Å². The summed E-state index contributed by atoms with van der Waals surface area (Å²) < 4.78 is 0. The van der Waals surface area contributed by atoms with E-state index in [4.69, 9.17) is 17.3 Å². The Morgan fingerprint density at radius 2 is 2.06 bits per heavy atom. The Kier molecular flexibility index (Phi) is 6.34. The second-order valence-corrected chi connectivity index (χ2v) is 8.39. The lowest BCUT2D eigenvalue weighted by Crippen LogP contribution is -2.52. The third kappa shape index (κ3) is 4.78. The van der Waals surface area contributed by atoms with Gasteiger partial charge in [0.25, 0.3) is 5.91 Å². The molecule has 0 aliphatic carbocycles. The number of nitrogens with two attached hydrogens (primary N) is 1. The normalized spacial score (nSPS) is 16.2. The smallest absolute Gasteiger partial charge is 0.315 e. The van der Waals surface area contributed by atoms with E-state index in [1.165, 1.54) is 11.3 Å². The number of carbonyl (C=O) groups excluding carboxylic acids is 2. The van der Waals surface area contributed by atoms with Crippen LogP contribution < -0.4 is 16.0 Å². The molecule has 0 saturated carbocycles. The first-order valence-corrected chi connectivity index (χ1v) is 11.0. The number of aromatic nitrogens is 2. The van der Waals surface area contributed by atoms with E-state index < -0.39 is 6.03 Å². The molecule has 3 N–H and O–H groups in total. The average Bonchev–Trinajstić information content (AvgIpc) is 3.28. The number of urea groups is 1. The van der Waals surface area contributed by atoms with E-state index in [1.54, 1.807) is 29.4 Å². The highest BCUT2D eigenvalue weighted by Gasteiger charge is 2.34. The van der Waals surface area contributed by atoms with Crippen molar-refractivity contribution < 1.29 is 9.59 Å². The third-order valence-corrected chi connectivity index (χ3v) is 6.36. The van der Waals surface area contributed by atoms with Crippen molar-refractivity contribution in [3.05, 3.63) is 75.3 Å². The van der Waals surface area contributed by atoms with Gasteiger partial charge in [-0.2, -0.15) is 0 Å². The van der Waals surface area contributed by atoms with Crippen LogP contribution in [-0.4, -0.2) is 46.4 Å². The lowest BCUT2D eigenvalue weighted by Gasteiger charge is -2.41. The Balaban J connectivity index is 1.54. The third-order valence-electron chi connectivity index (χ3n) is 5.12. The minimum Gasteiger partial charge on any atom is -0.352 e. The van der Waals surface area contributed by atoms with Crippen molar-refractivity contribution in [1.29, 1.82) is 0 Å². The highest BCUT2D eigenvalue weighted by molar-refractivity contribution is 7.10. The van der Waals surface area contributed by atoms with Gasteiger partial charge in [0.1, 0.15) is 11.0 Å². The lowest BCUT2D eigenvalue weighted by molar-refractivity contribution is 0.0947. The van der Waals surface area contributed by atoms with Crippen LogP contribution in [0.25, 0.3) is 0 Å². The summed E-state index contributed by atoms with van der Waals surface area (Å²) in [6.45, 7) is 1.89. The summed E-state index contributed by atoms with van der Waals surface area (Å²) in [7, 11) is 0. The Morgan fingerprint density at radius 3 is 2.77 bits per heavy atom. The number of nitrogens with zero attached hydrogens (tertiary/aromatic N) is 4. The number of thiophene rings is 1. The number of hydrogen-bond acceptors (Lipinski definition) is 6. The van der Waals surface area contributed by atoms with Gasteiger partial charge in [0, 0.05) is 43.4 Å². The molecule has 1 atom stereocenters. The van der Waals surface area contributed by atoms with Crippen molar-refractivity contribution >= 4 is 40.7 Å². The zero-order valence-corrected chi connectivity index (χ0v) is 18.1. The number of amides is 3. The molecule has 1 aliphatic rings. The van der Waals surface area contributed by atoms with Crippen LogP contribution in [0.1, 0.15) is 26.8 Å². The minimum absolute atomic E-state index is 0.217. The van der Waals surface area contributed by atoms with Crippen molar-refractivity contribution in [3.8, 4) is 0 Å². The number of rotatable bonds is 5. The van der Waals surface area contributed by atoms with Gasteiger partial charge in [-0.15, -0.1) is 11.3 Å². The van der Waals surface area contributed by atoms with Gasteiger partial charge in [-0.25, -0.2) is 14.8 Å². The van der Waals surface area contributed by atoms with Crippen molar-refractivity contribution in [1.82, 2.24) is 20.2 Å². The van der Waals surface area contributed by atoms with Gasteiger partial charge < -0.3 is 20.9 Å². The van der Waals surface area contributed by atoms with Gasteiger partial charge in [0.05, 0.1) is 11.6 Å². The Hall–Kier alpha value is -3.17. The van der Waals surface area contributed by atoms with Gasteiger partial charge in [-0.05, 0) is 35.2 Å². The summed E-state index contributed by atoms with van der Waals surface area (Å²) >= 11 is 7.25. The molecule has 0 bridgehead atoms. The standard InChI is InChI=1S/C21H21ClN6O2S/c22-17-5-4-14(11-25-17)12-26-20(29)15-6-10-31-19(15)16-13-27(8-9-28(16)21(23)30)18-3-1-2-7-24-18/h1-7,10-11,16H,8-9,12-13H2,(H2,23,30)(H,26,29). The van der Waals surface area contributed by atoms with Crippen molar-refractivity contribution in [2.75, 3.05) is 24.5 Å². The first-order valence-electron chi connectivity index (χ1n) is 9.71. The number of hydrogen-bond donors (Lipinski definition) is 2. The lowest BCUT2D eigenvalue weighted by atomic mass is 10.1. The topological polar surface area (TPSA) is 104 Å². The summed E-state index contributed by atoms with van der Waals surface area (Å²) in [6.07, 6.45) is 3.36. The van der Waals surface area contributed by atoms with E-state index in [2.05, 4.69) is 20.2 Å². The zero-order chi connectivity index (χ0) is 21.8. The summed E-state index contributed by atoms with van der Waals surface area (Å²) in [4.78, 5) is 38.0. The summed E-state index contributed by atoms with van der Waals surface area (Å²) in [5.41, 5.74) is 7.03. The van der Waals surface area contributed by atoms with Gasteiger partial charge in [0.15, 0.2) is 0 Å². The summed E-state index contributed by atoms with van der Waals surface area (Å²) in [6, 6.07) is 10.1. The van der Waals surface area contributed by atoms with E-state index in [1.807, 2.05) is 29.6 Å². The molecule has 10 heteroatoms. The van der Waals surface area contributed by atoms with Crippen LogP contribution in [0.4, 0.5) is 10.6 Å². The predicted molar refractivity (Wildman–Crippen MR) is 120 cm³/mol. The Labute approximate surface area is 188 Å². The van der Waals surface area contributed by atoms with E-state index in [0.29, 0.717) is 36.9 Å². The fourth-order valence-corrected chi connectivity index (χ4v) is 4.68. The Morgan fingerprint density at radius 1 is 1.19 bits per heavy atom. The molecule has 8 nitrogen and oxygen atoms in total. The van der Waals surface area contributed by atoms with Crippen LogP contribution in [0.3, 0.4) is 0 Å². The number of pyridine rings is 2. The fraction of sp³-hybridized carbons (Fsp3) is 0.238. The molecule has 0 spiro atoms. The molecule has 1 saturated heterocycles. The predicted octanol–water partition coefficient (Wildman–Crippen LogP) is 3.06. The second kappa shape index (κ2) is 9.32. The monoisotopic (exact) mass is 456 g/mol. The van der Waals surface area contributed by atoms with Gasteiger partial charge in [0.2, 0.25) is 0 Å². The Bertz CT molecular complexity index is 1060. The zero-order valence-electron chi connectivity index (χ0n) is 16.6. The van der Waals surface area contributed by atoms with Gasteiger partial charge >= 0.3 is 6.03 Å². The summed E-state index contributed by atoms with van der Waals surface area (Å²) in [5, 5.41) is 5.16. The van der Waals surface area contributed by atoms with Crippen molar-refractivity contribution in [2.45, 2.75) is 12.6 Å². The first-order chi connectivity index (χ1) is 15.0. The van der Waals surface area contributed by atoms with Crippen LogP contribution >= 0.6 is 22.9 Å². The molecule has 4 heterocycles. The number of carbonyl (C=O) groups is 2. The molecule has 4 rings (SSSR count). The van der Waals surface area contributed by atoms with Crippen LogP contribution in [0.5, 0.6) is 0 Å². The highest BCUT2D eigenvalue weighted by atomic mass is 35.5. The van der Waals surface area contributed by atoms with E-state index in [-0.39, 0.29) is 11.9 Å². The molecular formula is C21H21ClN6O2S. The quantitative estimate of drug-likeness (QED) is 0.574. The van der Waals surface area contributed by atoms with Crippen LogP contribution in [0.2, 0.25) is 5.15 Å². The van der Waals surface area contributed by atoms with Crippen molar-refractivity contribution in [2.24, 2.45) is 5.73 Å². The molecule has 3 aromatic rings. The number of halogens is 1. The molecule has 3 amide bonds. The van der Waals surface area contributed by atoms with E-state index in [0.717, 1.165) is 16.3 Å². The highest BCUT2D eigenvalue weighted by Crippen LogP contribution is 2.33. The molecule has 160 valence electrons. The van der Waals surface area contributed by atoms with Gasteiger partial charge in [-0.1, -0.05) is 23.7 Å². The molecule has 1 fully saturated rings. The van der Waals surface area contributed by atoms with Crippen LogP contribution in [-0.2, 0) is 6.54 Å². The summed E-state index contributed by atoms with van der Waals surface area (Å²) in [5.74, 6) is 0.611. The maximum atomic E-state index is 12.9. The van der Waals surface area contributed by atoms with Crippen LogP contribution in [0, 0.1) is 0 Å². The number of piperazine rings is 1. The number of primary amides is 1. The molecule has 31 heavy (non-hydrogen) atoms. The minimum atomic E-state index is -0.502. The SMILES string of the molecule is NC(=O)N1CCN(c2ccccn2)CC1c1sccc1C(=O)NCc1ccc(Cl)nc1. The number of anilines is 1. The van der Waals surface area contributed by atoms with Crippen LogP contribution in [0.15, 0.2) is 54.2 Å². The average molecular weight is 457 g/mol. The molecular weight excluding hydrogens is 436 g/mol. The maximum absolute atomic E-state index is 12.9. The number of nitrogens with one attached hydrogen (secondary N) is 1. The fourth-order valence-electron chi connectivity index (χ4n) is 3.58. The molecule has 1 unspecified atom stereocenters.